The van der Waals surface area contributed by atoms with Gasteiger partial charge in [-0.25, -0.2) is 20.2 Å². The molecule has 0 spiro atoms. The van der Waals surface area contributed by atoms with Crippen molar-refractivity contribution in [2.75, 3.05) is 7.11 Å². The van der Waals surface area contributed by atoms with Gasteiger partial charge in [0.25, 0.3) is 0 Å². The monoisotopic (exact) mass is 371 g/mol. The van der Waals surface area contributed by atoms with E-state index in [9.17, 15) is 5.26 Å². The summed E-state index contributed by atoms with van der Waals surface area (Å²) in [6.07, 6.45) is 0. The average molecular weight is 371 g/mol. The molecule has 6 nitrogen and oxygen atoms in total. The molecule has 0 unspecified atom stereocenters. The van der Waals surface area contributed by atoms with E-state index in [0.29, 0.717) is 23.0 Å². The number of aromatic nitrogens is 3. The maximum Gasteiger partial charge on any atom is 0.176 e. The highest BCUT2D eigenvalue weighted by Crippen LogP contribution is 2.30. The molecule has 4 aromatic rings. The maximum absolute atomic E-state index is 9.23. The highest BCUT2D eigenvalue weighted by molar-refractivity contribution is 5.69. The topological polar surface area (TPSA) is 77.4 Å². The van der Waals surface area contributed by atoms with Crippen LogP contribution in [-0.4, -0.2) is 27.3 Å². The Morgan fingerprint density at radius 1 is 0.643 bits per heavy atom. The number of nitrogens with zero attached hydrogens (tertiary/aromatic N) is 3. The van der Waals surface area contributed by atoms with Gasteiger partial charge in [0.2, 0.25) is 0 Å². The summed E-state index contributed by atoms with van der Waals surface area (Å²) >= 11 is 0. The molecule has 0 saturated heterocycles. The zero-order chi connectivity index (χ0) is 19.3. The lowest BCUT2D eigenvalue weighted by molar-refractivity contribution is -0.137. The third-order valence-corrected chi connectivity index (χ3v) is 4.24. The van der Waals surface area contributed by atoms with E-state index in [1.54, 1.807) is 25.3 Å². The lowest BCUT2D eigenvalue weighted by Gasteiger charge is -2.10. The Bertz CT molecular complexity index is 1080. The van der Waals surface area contributed by atoms with E-state index in [2.05, 4.69) is 19.8 Å². The molecule has 0 radical (unpaired) electrons. The van der Waals surface area contributed by atoms with E-state index >= 15 is 0 Å². The Hall–Kier alpha value is -3.77. The Balaban J connectivity index is 1.90. The normalized spacial score (nSPS) is 10.5. The van der Waals surface area contributed by atoms with Crippen LogP contribution in [0.1, 0.15) is 0 Å². The molecule has 1 heterocycles. The van der Waals surface area contributed by atoms with Crippen LogP contribution in [0.5, 0.6) is 11.5 Å². The zero-order valence-electron chi connectivity index (χ0n) is 15.1. The summed E-state index contributed by atoms with van der Waals surface area (Å²) in [6.45, 7) is 0. The Morgan fingerprint density at radius 2 is 1.21 bits per heavy atom. The van der Waals surface area contributed by atoms with Crippen molar-refractivity contribution in [3.05, 3.63) is 78.9 Å². The highest BCUT2D eigenvalue weighted by atomic mass is 17.1. The van der Waals surface area contributed by atoms with Crippen LogP contribution in [0.4, 0.5) is 0 Å². The van der Waals surface area contributed by atoms with Crippen LogP contribution in [0, 0.1) is 0 Å². The second kappa shape index (κ2) is 7.85. The molecule has 1 N–H and O–H groups in total. The second-order valence-electron chi connectivity index (χ2n) is 5.99. The molecule has 0 amide bonds. The number of rotatable bonds is 5. The predicted molar refractivity (Wildman–Crippen MR) is 106 cm³/mol. The number of hydrogen-bond donors (Lipinski definition) is 1. The summed E-state index contributed by atoms with van der Waals surface area (Å²) in [5.74, 6) is 2.47. The Morgan fingerprint density at radius 3 is 1.86 bits per heavy atom. The summed E-state index contributed by atoms with van der Waals surface area (Å²) in [5, 5.41) is 9.23. The van der Waals surface area contributed by atoms with Gasteiger partial charge in [0.1, 0.15) is 5.75 Å². The van der Waals surface area contributed by atoms with Gasteiger partial charge in [0.15, 0.2) is 23.2 Å². The molecule has 138 valence electrons. The van der Waals surface area contributed by atoms with E-state index in [-0.39, 0.29) is 5.75 Å². The summed E-state index contributed by atoms with van der Waals surface area (Å²) in [6, 6.07) is 24.2. The van der Waals surface area contributed by atoms with Gasteiger partial charge in [-0.1, -0.05) is 42.5 Å². The van der Waals surface area contributed by atoms with Crippen molar-refractivity contribution in [1.29, 1.82) is 0 Å². The van der Waals surface area contributed by atoms with Gasteiger partial charge in [-0.05, 0) is 36.4 Å². The molecule has 6 heteroatoms. The minimum Gasteiger partial charge on any atom is -0.497 e. The zero-order valence-corrected chi connectivity index (χ0v) is 15.1. The Kier molecular flexibility index (Phi) is 4.95. The van der Waals surface area contributed by atoms with E-state index in [1.807, 2.05) is 60.7 Å². The van der Waals surface area contributed by atoms with Gasteiger partial charge in [-0.3, -0.25) is 0 Å². The van der Waals surface area contributed by atoms with Crippen molar-refractivity contribution in [1.82, 2.24) is 15.0 Å². The lowest BCUT2D eigenvalue weighted by Crippen LogP contribution is -2.01. The molecular weight excluding hydrogens is 354 g/mol. The molecule has 0 bridgehead atoms. The third-order valence-electron chi connectivity index (χ3n) is 4.24. The Labute approximate surface area is 162 Å². The van der Waals surface area contributed by atoms with E-state index < -0.39 is 0 Å². The predicted octanol–water partition coefficient (Wildman–Crippen LogP) is 4.73. The molecule has 3 aromatic carbocycles. The van der Waals surface area contributed by atoms with Crippen molar-refractivity contribution in [3.63, 3.8) is 0 Å². The fourth-order valence-electron chi connectivity index (χ4n) is 2.81. The maximum atomic E-state index is 9.23. The van der Waals surface area contributed by atoms with Gasteiger partial charge in [-0.15, -0.1) is 0 Å². The van der Waals surface area contributed by atoms with Crippen molar-refractivity contribution >= 4 is 0 Å². The summed E-state index contributed by atoms with van der Waals surface area (Å²) < 4.78 is 5.22. The number of benzene rings is 3. The molecule has 0 aliphatic heterocycles. The molecule has 1 aromatic heterocycles. The van der Waals surface area contributed by atoms with Crippen molar-refractivity contribution in [3.8, 4) is 45.7 Å². The van der Waals surface area contributed by atoms with Gasteiger partial charge >= 0.3 is 0 Å². The van der Waals surface area contributed by atoms with Crippen LogP contribution in [-0.2, 0) is 0 Å². The number of para-hydroxylation sites is 1. The molecule has 0 aliphatic carbocycles. The smallest absolute Gasteiger partial charge is 0.176 e. The summed E-state index contributed by atoms with van der Waals surface area (Å²) in [5.41, 5.74) is 2.26. The first-order chi connectivity index (χ1) is 13.8. The van der Waals surface area contributed by atoms with Crippen LogP contribution in [0.2, 0.25) is 0 Å². The molecule has 0 fully saturated rings. The molecular formula is C22H17N3O3. The second-order valence-corrected chi connectivity index (χ2v) is 5.99. The average Bonchev–Trinajstić information content (AvgIpc) is 2.79. The first kappa shape index (κ1) is 17.6. The molecule has 0 aliphatic rings. The van der Waals surface area contributed by atoms with Crippen LogP contribution >= 0.6 is 0 Å². The van der Waals surface area contributed by atoms with Crippen LogP contribution in [0.25, 0.3) is 34.2 Å². The number of methoxy groups -OCH3 is 1. The lowest BCUT2D eigenvalue weighted by atomic mass is 10.1. The van der Waals surface area contributed by atoms with E-state index in [0.717, 1.165) is 16.9 Å². The standard InChI is InChI=1S/C22H17N3O3/c1-27-17-13-11-16(12-14-17)21-23-20(15-7-3-2-4-8-15)24-22(25-21)18-9-5-6-10-19(18)28-26/h2-14,26H,1H3. The fraction of sp³-hybridized carbons (Fsp3) is 0.0455. The third kappa shape index (κ3) is 3.54. The number of hydrogen-bond acceptors (Lipinski definition) is 6. The SMILES string of the molecule is COc1ccc(-c2nc(-c3ccccc3)nc(-c3ccccc3OO)n2)cc1. The van der Waals surface area contributed by atoms with Gasteiger partial charge in [0.05, 0.1) is 12.7 Å². The minimum atomic E-state index is 0.272. The van der Waals surface area contributed by atoms with Gasteiger partial charge in [-0.2, -0.15) is 0 Å². The molecule has 4 rings (SSSR count). The molecule has 0 atom stereocenters. The quantitative estimate of drug-likeness (QED) is 0.404. The first-order valence-corrected chi connectivity index (χ1v) is 8.65. The molecule has 28 heavy (non-hydrogen) atoms. The van der Waals surface area contributed by atoms with Crippen LogP contribution in [0.15, 0.2) is 78.9 Å². The first-order valence-electron chi connectivity index (χ1n) is 8.65. The van der Waals surface area contributed by atoms with E-state index in [1.165, 1.54) is 0 Å². The van der Waals surface area contributed by atoms with Crippen LogP contribution in [0.3, 0.4) is 0 Å². The van der Waals surface area contributed by atoms with Crippen molar-refractivity contribution in [2.45, 2.75) is 0 Å². The largest absolute Gasteiger partial charge is 0.497 e. The van der Waals surface area contributed by atoms with Crippen LogP contribution < -0.4 is 9.62 Å². The number of ether oxygens (including phenoxy) is 1. The fourth-order valence-corrected chi connectivity index (χ4v) is 2.81. The molecule has 0 saturated carbocycles. The highest BCUT2D eigenvalue weighted by Gasteiger charge is 2.15. The van der Waals surface area contributed by atoms with Crippen molar-refractivity contribution < 1.29 is 14.9 Å². The van der Waals surface area contributed by atoms with Gasteiger partial charge in [0, 0.05) is 11.1 Å². The van der Waals surface area contributed by atoms with Crippen molar-refractivity contribution in [2.24, 2.45) is 0 Å². The summed E-state index contributed by atoms with van der Waals surface area (Å²) in [7, 11) is 1.62. The minimum absolute atomic E-state index is 0.272. The summed E-state index contributed by atoms with van der Waals surface area (Å²) in [4.78, 5) is 18.4. The van der Waals surface area contributed by atoms with Gasteiger partial charge < -0.3 is 9.62 Å². The van der Waals surface area contributed by atoms with E-state index in [4.69, 9.17) is 4.74 Å².